The molecule has 1 aliphatic heterocycles. The van der Waals surface area contributed by atoms with E-state index >= 15 is 0 Å². The number of aromatic nitrogens is 3. The van der Waals surface area contributed by atoms with Crippen molar-refractivity contribution in [1.29, 1.82) is 0 Å². The molecule has 0 bridgehead atoms. The average molecular weight is 334 g/mol. The summed E-state index contributed by atoms with van der Waals surface area (Å²) < 4.78 is 7.45. The second-order valence-electron chi connectivity index (χ2n) is 5.89. The van der Waals surface area contributed by atoms with Crippen molar-refractivity contribution in [2.75, 3.05) is 11.9 Å². The van der Waals surface area contributed by atoms with E-state index in [2.05, 4.69) is 21.5 Å². The number of carbonyl (C=O) groups is 1. The lowest BCUT2D eigenvalue weighted by molar-refractivity contribution is -0.119. The van der Waals surface area contributed by atoms with Gasteiger partial charge < -0.3 is 10.1 Å². The molecule has 25 heavy (non-hydrogen) atoms. The molecule has 6 heteroatoms. The zero-order valence-electron chi connectivity index (χ0n) is 13.6. The highest BCUT2D eigenvalue weighted by atomic mass is 16.5. The van der Waals surface area contributed by atoms with Crippen LogP contribution >= 0.6 is 0 Å². The van der Waals surface area contributed by atoms with Gasteiger partial charge in [-0.25, -0.2) is 9.67 Å². The van der Waals surface area contributed by atoms with Crippen LogP contribution in [0.2, 0.25) is 0 Å². The van der Waals surface area contributed by atoms with Gasteiger partial charge in [0.05, 0.1) is 24.8 Å². The predicted octanol–water partition coefficient (Wildman–Crippen LogP) is 2.91. The smallest absolute Gasteiger partial charge is 0.227 e. The largest absolute Gasteiger partial charge is 0.373 e. The molecule has 3 aromatic rings. The maximum atomic E-state index is 12.6. The van der Waals surface area contributed by atoms with Crippen LogP contribution in [0.4, 0.5) is 5.69 Å². The summed E-state index contributed by atoms with van der Waals surface area (Å²) in [4.78, 5) is 16.9. The highest BCUT2D eigenvalue weighted by Crippen LogP contribution is 2.30. The second-order valence-corrected chi connectivity index (χ2v) is 5.89. The Kier molecular flexibility index (Phi) is 4.26. The molecule has 1 amide bonds. The summed E-state index contributed by atoms with van der Waals surface area (Å²) in [5, 5.41) is 7.11. The monoisotopic (exact) mass is 334 g/mol. The first kappa shape index (κ1) is 15.5. The van der Waals surface area contributed by atoms with Crippen molar-refractivity contribution < 1.29 is 9.53 Å². The molecule has 0 aliphatic carbocycles. The number of benzene rings is 1. The Morgan fingerprint density at radius 1 is 1.20 bits per heavy atom. The van der Waals surface area contributed by atoms with Gasteiger partial charge in [0.1, 0.15) is 0 Å². The fourth-order valence-corrected chi connectivity index (χ4v) is 3.09. The molecule has 0 saturated heterocycles. The van der Waals surface area contributed by atoms with Crippen LogP contribution in [0.15, 0.2) is 61.1 Å². The highest BCUT2D eigenvalue weighted by molar-refractivity contribution is 5.92. The minimum Gasteiger partial charge on any atom is -0.373 e. The third-order valence-corrected chi connectivity index (χ3v) is 4.25. The van der Waals surface area contributed by atoms with Gasteiger partial charge in [0, 0.05) is 18.6 Å². The molecule has 2 aromatic heterocycles. The molecule has 0 fully saturated rings. The van der Waals surface area contributed by atoms with E-state index in [-0.39, 0.29) is 18.4 Å². The first-order chi connectivity index (χ1) is 12.3. The number of pyridine rings is 1. The Bertz CT molecular complexity index is 877. The number of hydrogen-bond donors (Lipinski definition) is 1. The van der Waals surface area contributed by atoms with Crippen LogP contribution in [0.1, 0.15) is 23.7 Å². The molecule has 0 spiro atoms. The number of amides is 1. The standard InChI is InChI=1S/C19H18N4O2/c24-18(13-17-15-6-2-1-5-14(15)8-12-25-17)22-16-7-3-9-20-19(16)23-11-4-10-21-23/h1-7,9-11,17H,8,12-13H2,(H,22,24). The lowest BCUT2D eigenvalue weighted by atomic mass is 9.95. The molecule has 126 valence electrons. The van der Waals surface area contributed by atoms with Gasteiger partial charge in [0.15, 0.2) is 5.82 Å². The zero-order chi connectivity index (χ0) is 17.1. The minimum absolute atomic E-state index is 0.108. The number of nitrogens with zero attached hydrogens (tertiary/aromatic N) is 3. The third-order valence-electron chi connectivity index (χ3n) is 4.25. The van der Waals surface area contributed by atoms with Gasteiger partial charge in [-0.15, -0.1) is 0 Å². The molecular weight excluding hydrogens is 316 g/mol. The van der Waals surface area contributed by atoms with E-state index in [0.717, 1.165) is 12.0 Å². The van der Waals surface area contributed by atoms with Crippen molar-refractivity contribution in [1.82, 2.24) is 14.8 Å². The fraction of sp³-hybridized carbons (Fsp3) is 0.211. The summed E-state index contributed by atoms with van der Waals surface area (Å²) in [7, 11) is 0. The van der Waals surface area contributed by atoms with E-state index in [1.165, 1.54) is 5.56 Å². The Morgan fingerprint density at radius 3 is 3.00 bits per heavy atom. The average Bonchev–Trinajstić information content (AvgIpc) is 3.17. The predicted molar refractivity (Wildman–Crippen MR) is 93.4 cm³/mol. The van der Waals surface area contributed by atoms with E-state index in [1.807, 2.05) is 30.3 Å². The van der Waals surface area contributed by atoms with Crippen molar-refractivity contribution in [3.05, 3.63) is 72.2 Å². The highest BCUT2D eigenvalue weighted by Gasteiger charge is 2.23. The summed E-state index contributed by atoms with van der Waals surface area (Å²) >= 11 is 0. The molecular formula is C19H18N4O2. The first-order valence-corrected chi connectivity index (χ1v) is 8.25. The molecule has 1 aromatic carbocycles. The van der Waals surface area contributed by atoms with E-state index in [4.69, 9.17) is 4.74 Å². The van der Waals surface area contributed by atoms with Crippen LogP contribution in [0, 0.1) is 0 Å². The lowest BCUT2D eigenvalue weighted by Crippen LogP contribution is -2.22. The second kappa shape index (κ2) is 6.86. The molecule has 1 aliphatic rings. The van der Waals surface area contributed by atoms with Gasteiger partial charge in [-0.05, 0) is 35.7 Å². The summed E-state index contributed by atoms with van der Waals surface area (Å²) in [6.07, 6.45) is 6.08. The van der Waals surface area contributed by atoms with E-state index in [1.54, 1.807) is 29.3 Å². The molecule has 0 saturated carbocycles. The van der Waals surface area contributed by atoms with Crippen LogP contribution in [0.25, 0.3) is 5.82 Å². The maximum Gasteiger partial charge on any atom is 0.227 e. The van der Waals surface area contributed by atoms with Gasteiger partial charge in [-0.2, -0.15) is 5.10 Å². The number of fused-ring (bicyclic) bond motifs is 1. The van der Waals surface area contributed by atoms with Crippen molar-refractivity contribution in [2.45, 2.75) is 18.9 Å². The van der Waals surface area contributed by atoms with Crippen LogP contribution in [-0.4, -0.2) is 27.3 Å². The fourth-order valence-electron chi connectivity index (χ4n) is 3.09. The van der Waals surface area contributed by atoms with Gasteiger partial charge >= 0.3 is 0 Å². The number of anilines is 1. The van der Waals surface area contributed by atoms with E-state index in [9.17, 15) is 4.79 Å². The van der Waals surface area contributed by atoms with Crippen LogP contribution in [0.5, 0.6) is 0 Å². The lowest BCUT2D eigenvalue weighted by Gasteiger charge is -2.25. The van der Waals surface area contributed by atoms with E-state index in [0.29, 0.717) is 18.1 Å². The summed E-state index contributed by atoms with van der Waals surface area (Å²) in [6.45, 7) is 0.639. The van der Waals surface area contributed by atoms with Gasteiger partial charge in [-0.3, -0.25) is 4.79 Å². The maximum absolute atomic E-state index is 12.6. The van der Waals surface area contributed by atoms with E-state index < -0.39 is 0 Å². The quantitative estimate of drug-likeness (QED) is 0.796. The number of ether oxygens (including phenoxy) is 1. The molecule has 4 rings (SSSR count). The summed E-state index contributed by atoms with van der Waals surface area (Å²) in [5.41, 5.74) is 2.98. The van der Waals surface area contributed by atoms with Gasteiger partial charge in [0.2, 0.25) is 5.91 Å². The normalized spacial score (nSPS) is 16.2. The zero-order valence-corrected chi connectivity index (χ0v) is 13.6. The molecule has 0 radical (unpaired) electrons. The van der Waals surface area contributed by atoms with Crippen molar-refractivity contribution in [3.63, 3.8) is 0 Å². The number of nitrogens with one attached hydrogen (secondary N) is 1. The molecule has 1 atom stereocenters. The number of carbonyl (C=O) groups excluding carboxylic acids is 1. The Hall–Kier alpha value is -2.99. The topological polar surface area (TPSA) is 69.0 Å². The minimum atomic E-state index is -0.213. The van der Waals surface area contributed by atoms with Crippen molar-refractivity contribution in [2.24, 2.45) is 0 Å². The molecule has 1 N–H and O–H groups in total. The van der Waals surface area contributed by atoms with Crippen LogP contribution in [-0.2, 0) is 16.0 Å². The van der Waals surface area contributed by atoms with Crippen molar-refractivity contribution in [3.8, 4) is 5.82 Å². The SMILES string of the molecule is O=C(CC1OCCc2ccccc21)Nc1cccnc1-n1cccn1. The summed E-state index contributed by atoms with van der Waals surface area (Å²) in [6, 6.07) is 13.5. The van der Waals surface area contributed by atoms with Crippen LogP contribution < -0.4 is 5.32 Å². The number of rotatable bonds is 4. The third kappa shape index (κ3) is 3.29. The Labute approximate surface area is 145 Å². The molecule has 1 unspecified atom stereocenters. The molecule has 3 heterocycles. The van der Waals surface area contributed by atoms with Gasteiger partial charge in [0.25, 0.3) is 0 Å². The Morgan fingerprint density at radius 2 is 2.12 bits per heavy atom. The van der Waals surface area contributed by atoms with Crippen molar-refractivity contribution >= 4 is 11.6 Å². The number of hydrogen-bond acceptors (Lipinski definition) is 4. The Balaban J connectivity index is 1.51. The van der Waals surface area contributed by atoms with Gasteiger partial charge in [-0.1, -0.05) is 24.3 Å². The first-order valence-electron chi connectivity index (χ1n) is 8.25. The van der Waals surface area contributed by atoms with Crippen LogP contribution in [0.3, 0.4) is 0 Å². The summed E-state index contributed by atoms with van der Waals surface area (Å²) in [5.74, 6) is 0.480. The molecule has 6 nitrogen and oxygen atoms in total.